The number of nitrogens with zero attached hydrogens (tertiary/aromatic N) is 2. The molecule has 9 heteroatoms. The van der Waals surface area contributed by atoms with Crippen molar-refractivity contribution in [3.05, 3.63) is 71.5 Å². The third-order valence-corrected chi connectivity index (χ3v) is 4.58. The second kappa shape index (κ2) is 9.25. The Bertz CT molecular complexity index is 1100. The molecule has 168 valence electrons. The van der Waals surface area contributed by atoms with E-state index < -0.39 is 23.3 Å². The highest BCUT2D eigenvalue weighted by Crippen LogP contribution is 2.34. The molecule has 2 amide bonds. The maximum Gasteiger partial charge on any atom is 0.434 e. The molecule has 1 heterocycles. The molecule has 0 saturated carbocycles. The number of hydrogen-bond acceptors (Lipinski definition) is 3. The summed E-state index contributed by atoms with van der Waals surface area (Å²) in [4.78, 5) is 24.5. The van der Waals surface area contributed by atoms with E-state index in [0.29, 0.717) is 16.8 Å². The minimum absolute atomic E-state index is 0.143. The SMILES string of the molecule is Cc1ccc(-n2ncc(C(=O)Nc3ccc(NC(=O)CC(C)C)cc3)c2C(F)(F)F)cc1. The number of anilines is 2. The maximum absolute atomic E-state index is 13.8. The molecular weight excluding hydrogens is 421 g/mol. The Hall–Kier alpha value is -3.62. The molecule has 1 aromatic heterocycles. The summed E-state index contributed by atoms with van der Waals surface area (Å²) in [6.07, 6.45) is -3.53. The fourth-order valence-corrected chi connectivity index (χ4v) is 3.09. The van der Waals surface area contributed by atoms with Gasteiger partial charge in [0.05, 0.1) is 17.4 Å². The predicted molar refractivity (Wildman–Crippen MR) is 116 cm³/mol. The van der Waals surface area contributed by atoms with Crippen LogP contribution in [-0.4, -0.2) is 21.6 Å². The summed E-state index contributed by atoms with van der Waals surface area (Å²) in [6.45, 7) is 5.67. The van der Waals surface area contributed by atoms with E-state index in [4.69, 9.17) is 0 Å². The van der Waals surface area contributed by atoms with Crippen LogP contribution in [0, 0.1) is 12.8 Å². The second-order valence-corrected chi connectivity index (χ2v) is 7.83. The van der Waals surface area contributed by atoms with Gasteiger partial charge < -0.3 is 10.6 Å². The lowest BCUT2D eigenvalue weighted by atomic mass is 10.1. The zero-order valence-electron chi connectivity index (χ0n) is 17.8. The van der Waals surface area contributed by atoms with Gasteiger partial charge in [-0.3, -0.25) is 9.59 Å². The fraction of sp³-hybridized carbons (Fsp3) is 0.261. The first-order valence-electron chi connectivity index (χ1n) is 9.98. The van der Waals surface area contributed by atoms with Crippen molar-refractivity contribution in [2.24, 2.45) is 5.92 Å². The Labute approximate surface area is 183 Å². The summed E-state index contributed by atoms with van der Waals surface area (Å²) in [5, 5.41) is 8.98. The molecule has 3 aromatic rings. The van der Waals surface area contributed by atoms with E-state index in [1.165, 1.54) is 24.3 Å². The molecule has 32 heavy (non-hydrogen) atoms. The van der Waals surface area contributed by atoms with Crippen molar-refractivity contribution in [1.29, 1.82) is 0 Å². The summed E-state index contributed by atoms with van der Waals surface area (Å²) in [7, 11) is 0. The van der Waals surface area contributed by atoms with Crippen LogP contribution in [0.1, 0.15) is 41.9 Å². The monoisotopic (exact) mass is 444 g/mol. The smallest absolute Gasteiger partial charge is 0.326 e. The van der Waals surface area contributed by atoms with Crippen molar-refractivity contribution < 1.29 is 22.8 Å². The number of benzene rings is 2. The summed E-state index contributed by atoms with van der Waals surface area (Å²) in [5.74, 6) is -0.875. The number of carbonyl (C=O) groups excluding carboxylic acids is 2. The Balaban J connectivity index is 1.81. The molecule has 0 saturated heterocycles. The fourth-order valence-electron chi connectivity index (χ4n) is 3.09. The quantitative estimate of drug-likeness (QED) is 0.532. The topological polar surface area (TPSA) is 76.0 Å². The molecule has 6 nitrogen and oxygen atoms in total. The number of alkyl halides is 3. The van der Waals surface area contributed by atoms with Gasteiger partial charge in [-0.05, 0) is 49.2 Å². The number of aryl methyl sites for hydroxylation is 1. The molecule has 0 aliphatic carbocycles. The Kier molecular flexibility index (Phi) is 6.67. The summed E-state index contributed by atoms with van der Waals surface area (Å²) in [6, 6.07) is 12.5. The van der Waals surface area contributed by atoms with Crippen LogP contribution in [0.3, 0.4) is 0 Å². The van der Waals surface area contributed by atoms with Gasteiger partial charge in [-0.1, -0.05) is 31.5 Å². The Morgan fingerprint density at radius 1 is 0.969 bits per heavy atom. The molecule has 0 aliphatic heterocycles. The Morgan fingerprint density at radius 2 is 1.53 bits per heavy atom. The third-order valence-electron chi connectivity index (χ3n) is 4.58. The molecule has 0 bridgehead atoms. The van der Waals surface area contributed by atoms with E-state index in [1.807, 2.05) is 20.8 Å². The van der Waals surface area contributed by atoms with Crippen LogP contribution in [0.25, 0.3) is 5.69 Å². The third kappa shape index (κ3) is 5.54. The number of aromatic nitrogens is 2. The van der Waals surface area contributed by atoms with Crippen LogP contribution in [-0.2, 0) is 11.0 Å². The predicted octanol–water partition coefficient (Wildman–Crippen LogP) is 5.44. The van der Waals surface area contributed by atoms with Gasteiger partial charge in [0, 0.05) is 17.8 Å². The van der Waals surface area contributed by atoms with Crippen molar-refractivity contribution >= 4 is 23.2 Å². The van der Waals surface area contributed by atoms with Gasteiger partial charge in [-0.15, -0.1) is 0 Å². The molecule has 0 radical (unpaired) electrons. The molecular formula is C23H23F3N4O2. The summed E-state index contributed by atoms with van der Waals surface area (Å²) < 4.78 is 42.1. The largest absolute Gasteiger partial charge is 0.434 e. The van der Waals surface area contributed by atoms with Crippen molar-refractivity contribution in [1.82, 2.24) is 9.78 Å². The number of carbonyl (C=O) groups is 2. The minimum atomic E-state index is -4.79. The van der Waals surface area contributed by atoms with Crippen LogP contribution >= 0.6 is 0 Å². The van der Waals surface area contributed by atoms with Crippen molar-refractivity contribution in [2.45, 2.75) is 33.4 Å². The van der Waals surface area contributed by atoms with Gasteiger partial charge in [0.25, 0.3) is 5.91 Å². The van der Waals surface area contributed by atoms with Crippen molar-refractivity contribution in [2.75, 3.05) is 10.6 Å². The minimum Gasteiger partial charge on any atom is -0.326 e. The van der Waals surface area contributed by atoms with E-state index in [1.54, 1.807) is 24.3 Å². The average molecular weight is 444 g/mol. The van der Waals surface area contributed by atoms with Crippen molar-refractivity contribution in [3.63, 3.8) is 0 Å². The molecule has 2 N–H and O–H groups in total. The highest BCUT2D eigenvalue weighted by molar-refractivity contribution is 6.05. The van der Waals surface area contributed by atoms with E-state index in [9.17, 15) is 22.8 Å². The number of hydrogen-bond donors (Lipinski definition) is 2. The first kappa shape index (κ1) is 23.1. The van der Waals surface area contributed by atoms with E-state index in [0.717, 1.165) is 11.8 Å². The van der Waals surface area contributed by atoms with Crippen LogP contribution in [0.4, 0.5) is 24.5 Å². The molecule has 2 aromatic carbocycles. The molecule has 0 unspecified atom stereocenters. The standard InChI is InChI=1S/C23H23F3N4O2/c1-14(2)12-20(31)28-16-6-8-17(9-7-16)29-22(32)19-13-27-30(21(19)23(24,25)26)18-10-4-15(3)5-11-18/h4-11,13-14H,12H2,1-3H3,(H,28,31)(H,29,32). The zero-order chi connectivity index (χ0) is 23.5. The lowest BCUT2D eigenvalue weighted by molar-refractivity contribution is -0.143. The van der Waals surface area contributed by atoms with Gasteiger partial charge >= 0.3 is 6.18 Å². The van der Waals surface area contributed by atoms with Gasteiger partial charge in [0.2, 0.25) is 5.91 Å². The first-order valence-corrected chi connectivity index (χ1v) is 9.98. The summed E-state index contributed by atoms with van der Waals surface area (Å²) >= 11 is 0. The highest BCUT2D eigenvalue weighted by Gasteiger charge is 2.40. The Morgan fingerprint density at radius 3 is 2.06 bits per heavy atom. The number of halogens is 3. The van der Waals surface area contributed by atoms with E-state index in [2.05, 4.69) is 15.7 Å². The molecule has 0 atom stereocenters. The van der Waals surface area contributed by atoms with Crippen molar-refractivity contribution in [3.8, 4) is 5.69 Å². The molecule has 0 fully saturated rings. The first-order chi connectivity index (χ1) is 15.0. The van der Waals surface area contributed by atoms with Crippen LogP contribution in [0.5, 0.6) is 0 Å². The van der Waals surface area contributed by atoms with Gasteiger partial charge in [0.15, 0.2) is 5.69 Å². The van der Waals surface area contributed by atoms with E-state index >= 15 is 0 Å². The maximum atomic E-state index is 13.8. The van der Waals surface area contributed by atoms with E-state index in [-0.39, 0.29) is 23.2 Å². The normalized spacial score (nSPS) is 11.5. The average Bonchev–Trinajstić information content (AvgIpc) is 3.15. The highest BCUT2D eigenvalue weighted by atomic mass is 19.4. The van der Waals surface area contributed by atoms with Gasteiger partial charge in [-0.25, -0.2) is 4.68 Å². The lowest BCUT2D eigenvalue weighted by Crippen LogP contribution is -2.20. The lowest BCUT2D eigenvalue weighted by Gasteiger charge is -2.13. The number of amides is 2. The van der Waals surface area contributed by atoms with Crippen LogP contribution in [0.15, 0.2) is 54.7 Å². The molecule has 0 aliphatic rings. The second-order valence-electron chi connectivity index (χ2n) is 7.83. The summed E-state index contributed by atoms with van der Waals surface area (Å²) in [5.41, 5.74) is 0.147. The molecule has 3 rings (SSSR count). The van der Waals surface area contributed by atoms with Crippen LogP contribution < -0.4 is 10.6 Å². The zero-order valence-corrected chi connectivity index (χ0v) is 17.8. The molecule has 0 spiro atoms. The van der Waals surface area contributed by atoms with Gasteiger partial charge in [0.1, 0.15) is 0 Å². The number of nitrogens with one attached hydrogen (secondary N) is 2. The van der Waals surface area contributed by atoms with Gasteiger partial charge in [-0.2, -0.15) is 18.3 Å². The van der Waals surface area contributed by atoms with Crippen LogP contribution in [0.2, 0.25) is 0 Å². The number of rotatable bonds is 6.